The molecule has 162 valence electrons. The first-order valence-electron chi connectivity index (χ1n) is 11.7. The molecule has 0 aromatic rings. The summed E-state index contributed by atoms with van der Waals surface area (Å²) in [5, 5.41) is 18.5. The maximum Gasteiger partial charge on any atom is 0.0436 e. The number of aliphatic hydroxyl groups excluding tert-OH is 2. The molecule has 2 N–H and O–H groups in total. The Bertz CT molecular complexity index is 312. The van der Waals surface area contributed by atoms with Gasteiger partial charge in [0.2, 0.25) is 0 Å². The Labute approximate surface area is 174 Å². The third-order valence-corrected chi connectivity index (χ3v) is 6.35. The Morgan fingerprint density at radius 3 is 1.52 bits per heavy atom. The summed E-state index contributed by atoms with van der Waals surface area (Å²) < 4.78 is 0. The van der Waals surface area contributed by atoms with Crippen LogP contribution < -0.4 is 0 Å². The highest BCUT2D eigenvalue weighted by atomic mass is 35.5. The maximum absolute atomic E-state index is 9.25. The van der Waals surface area contributed by atoms with Gasteiger partial charge in [-0.1, -0.05) is 83.3 Å². The number of aliphatic hydroxyl groups is 2. The highest BCUT2D eigenvalue weighted by Gasteiger charge is 2.27. The molecular formula is C24H47ClO2. The van der Waals surface area contributed by atoms with E-state index in [2.05, 4.69) is 19.1 Å². The summed E-state index contributed by atoms with van der Waals surface area (Å²) in [5.41, 5.74) is -0.0636. The van der Waals surface area contributed by atoms with Crippen LogP contribution in [0.1, 0.15) is 116 Å². The molecule has 0 atom stereocenters. The monoisotopic (exact) mass is 402 g/mol. The van der Waals surface area contributed by atoms with Gasteiger partial charge in [-0.3, -0.25) is 0 Å². The molecule has 2 nitrogen and oxygen atoms in total. The van der Waals surface area contributed by atoms with E-state index >= 15 is 0 Å². The van der Waals surface area contributed by atoms with E-state index in [1.54, 1.807) is 0 Å². The van der Waals surface area contributed by atoms with Crippen LogP contribution in [0, 0.1) is 5.41 Å². The molecule has 0 aliphatic carbocycles. The molecule has 0 heterocycles. The van der Waals surface area contributed by atoms with Crippen LogP contribution in [0.25, 0.3) is 0 Å². The van der Waals surface area contributed by atoms with Gasteiger partial charge in [0, 0.05) is 19.1 Å². The van der Waals surface area contributed by atoms with Crippen LogP contribution in [-0.4, -0.2) is 29.3 Å². The minimum atomic E-state index is -0.0636. The molecular weight excluding hydrogens is 356 g/mol. The Morgan fingerprint density at radius 1 is 0.630 bits per heavy atom. The third-order valence-electron chi connectivity index (χ3n) is 5.79. The second kappa shape index (κ2) is 20.7. The zero-order valence-electron chi connectivity index (χ0n) is 18.1. The summed E-state index contributed by atoms with van der Waals surface area (Å²) in [5.74, 6) is 0.541. The largest absolute Gasteiger partial charge is 0.396 e. The second-order valence-corrected chi connectivity index (χ2v) is 8.54. The number of alkyl halides is 1. The molecule has 0 amide bonds. The number of hydrogen-bond acceptors (Lipinski definition) is 2. The minimum absolute atomic E-state index is 0.0636. The van der Waals surface area contributed by atoms with Crippen molar-refractivity contribution in [2.75, 3.05) is 19.1 Å². The summed E-state index contributed by atoms with van der Waals surface area (Å²) in [7, 11) is 0. The van der Waals surface area contributed by atoms with Gasteiger partial charge in [-0.2, -0.15) is 0 Å². The summed E-state index contributed by atoms with van der Waals surface area (Å²) in [6, 6.07) is 0. The van der Waals surface area contributed by atoms with E-state index in [0.29, 0.717) is 18.7 Å². The number of rotatable bonds is 21. The molecule has 0 spiro atoms. The average molecular weight is 403 g/mol. The van der Waals surface area contributed by atoms with Gasteiger partial charge in [-0.15, -0.1) is 11.6 Å². The molecule has 0 radical (unpaired) electrons. The van der Waals surface area contributed by atoms with Crippen molar-refractivity contribution in [3.63, 3.8) is 0 Å². The fourth-order valence-corrected chi connectivity index (χ4v) is 4.20. The predicted octanol–water partition coefficient (Wildman–Crippen LogP) is 7.40. The Kier molecular flexibility index (Phi) is 20.6. The van der Waals surface area contributed by atoms with Crippen molar-refractivity contribution >= 4 is 11.6 Å². The first-order valence-corrected chi connectivity index (χ1v) is 12.2. The van der Waals surface area contributed by atoms with Gasteiger partial charge in [-0.05, 0) is 50.4 Å². The second-order valence-electron chi connectivity index (χ2n) is 8.27. The van der Waals surface area contributed by atoms with Crippen molar-refractivity contribution in [3.05, 3.63) is 12.2 Å². The van der Waals surface area contributed by atoms with Gasteiger partial charge in [0.05, 0.1) is 0 Å². The minimum Gasteiger partial charge on any atom is -0.396 e. The van der Waals surface area contributed by atoms with E-state index in [4.69, 9.17) is 11.6 Å². The van der Waals surface area contributed by atoms with E-state index in [-0.39, 0.29) is 18.6 Å². The van der Waals surface area contributed by atoms with Crippen molar-refractivity contribution in [2.24, 2.45) is 5.41 Å². The lowest BCUT2D eigenvalue weighted by Crippen LogP contribution is -2.26. The summed E-state index contributed by atoms with van der Waals surface area (Å²) in [6.07, 6.45) is 25.7. The third kappa shape index (κ3) is 16.6. The van der Waals surface area contributed by atoms with Gasteiger partial charge in [-0.25, -0.2) is 0 Å². The van der Waals surface area contributed by atoms with Crippen molar-refractivity contribution in [1.82, 2.24) is 0 Å². The Morgan fingerprint density at radius 2 is 1.07 bits per heavy atom. The molecule has 0 aromatic heterocycles. The zero-order valence-corrected chi connectivity index (χ0v) is 18.8. The van der Waals surface area contributed by atoms with Crippen molar-refractivity contribution in [2.45, 2.75) is 116 Å². The molecule has 0 fully saturated rings. The molecule has 3 heteroatoms. The van der Waals surface area contributed by atoms with Gasteiger partial charge < -0.3 is 10.2 Å². The molecule has 0 aromatic carbocycles. The average Bonchev–Trinajstić information content (AvgIpc) is 2.68. The highest BCUT2D eigenvalue weighted by molar-refractivity contribution is 6.18. The van der Waals surface area contributed by atoms with Crippen LogP contribution in [0.2, 0.25) is 0 Å². The predicted molar refractivity (Wildman–Crippen MR) is 121 cm³/mol. The Balaban J connectivity index is 3.47. The molecule has 0 saturated heterocycles. The highest BCUT2D eigenvalue weighted by Crippen LogP contribution is 2.34. The van der Waals surface area contributed by atoms with E-state index in [9.17, 15) is 10.2 Å². The van der Waals surface area contributed by atoms with E-state index in [1.807, 2.05) is 0 Å². The molecule has 0 saturated carbocycles. The number of halogens is 1. The molecule has 27 heavy (non-hydrogen) atoms. The number of unbranched alkanes of at least 4 members (excludes halogenated alkanes) is 12. The molecule has 0 rings (SSSR count). The van der Waals surface area contributed by atoms with Crippen molar-refractivity contribution < 1.29 is 10.2 Å². The number of hydrogen-bond donors (Lipinski definition) is 2. The van der Waals surface area contributed by atoms with E-state index in [0.717, 1.165) is 12.8 Å². The number of allylic oxidation sites excluding steroid dienone is 2. The van der Waals surface area contributed by atoms with Crippen LogP contribution in [-0.2, 0) is 0 Å². The zero-order chi connectivity index (χ0) is 20.1. The maximum atomic E-state index is 9.25. The van der Waals surface area contributed by atoms with E-state index < -0.39 is 0 Å². The fraction of sp³-hybridized carbons (Fsp3) is 0.917. The molecule has 0 aliphatic rings. The molecule has 0 unspecified atom stereocenters. The molecule has 0 bridgehead atoms. The van der Waals surface area contributed by atoms with E-state index in [1.165, 1.54) is 83.5 Å². The van der Waals surface area contributed by atoms with Gasteiger partial charge in [0.15, 0.2) is 0 Å². The summed E-state index contributed by atoms with van der Waals surface area (Å²) >= 11 is 6.12. The van der Waals surface area contributed by atoms with Crippen molar-refractivity contribution in [1.29, 1.82) is 0 Å². The summed E-state index contributed by atoms with van der Waals surface area (Å²) in [4.78, 5) is 0. The standard InChI is InChI=1S/C24H47ClO2/c1-2-3-4-5-6-7-8-9-10-11-12-13-14-15-16-17-18-24(23-25,19-21-26)20-22-27/h9-10,26-27H,2-8,11-23H2,1H3/b10-9-. The van der Waals surface area contributed by atoms with Gasteiger partial charge >= 0.3 is 0 Å². The van der Waals surface area contributed by atoms with Crippen LogP contribution in [0.5, 0.6) is 0 Å². The Hall–Kier alpha value is -0.0500. The summed E-state index contributed by atoms with van der Waals surface area (Å²) in [6.45, 7) is 2.60. The normalized spacial score (nSPS) is 12.3. The fourth-order valence-electron chi connectivity index (χ4n) is 3.80. The lowest BCUT2D eigenvalue weighted by molar-refractivity contribution is 0.140. The van der Waals surface area contributed by atoms with Crippen LogP contribution >= 0.6 is 11.6 Å². The first-order chi connectivity index (χ1) is 13.2. The topological polar surface area (TPSA) is 40.5 Å². The van der Waals surface area contributed by atoms with Crippen molar-refractivity contribution in [3.8, 4) is 0 Å². The quantitative estimate of drug-likeness (QED) is 0.119. The van der Waals surface area contributed by atoms with Crippen LogP contribution in [0.3, 0.4) is 0 Å². The van der Waals surface area contributed by atoms with Crippen LogP contribution in [0.15, 0.2) is 12.2 Å². The molecule has 0 aliphatic heterocycles. The first kappa shape index (κ1) is 27.0. The SMILES string of the molecule is CCCCCCCC/C=C\CCCCCCCCC(CCl)(CCO)CCO. The lowest BCUT2D eigenvalue weighted by Gasteiger charge is -2.30. The van der Waals surface area contributed by atoms with Gasteiger partial charge in [0.1, 0.15) is 0 Å². The smallest absolute Gasteiger partial charge is 0.0436 e. The van der Waals surface area contributed by atoms with Gasteiger partial charge in [0.25, 0.3) is 0 Å². The lowest BCUT2D eigenvalue weighted by atomic mass is 9.78. The van der Waals surface area contributed by atoms with Crippen LogP contribution in [0.4, 0.5) is 0 Å².